The van der Waals surface area contributed by atoms with Crippen molar-refractivity contribution in [3.05, 3.63) is 95.2 Å². The summed E-state index contributed by atoms with van der Waals surface area (Å²) in [4.78, 5) is 8.99. The third-order valence-corrected chi connectivity index (χ3v) is 10.4. The Morgan fingerprint density at radius 3 is 2.61 bits per heavy atom. The van der Waals surface area contributed by atoms with Gasteiger partial charge < -0.3 is 24.3 Å². The maximum Gasteiger partial charge on any atom is 0.166 e. The fraction of sp³-hybridized carbons (Fsp3) is 0.353. The van der Waals surface area contributed by atoms with Crippen molar-refractivity contribution in [1.82, 2.24) is 9.97 Å². The zero-order chi connectivity index (χ0) is 32.9. The van der Waals surface area contributed by atoms with Crippen molar-refractivity contribution < 1.29 is 31.8 Å². The molecule has 0 radical (unpaired) electrons. The molecule has 2 heterocycles. The number of hydrogen-bond acceptors (Lipinski definition) is 9. The summed E-state index contributed by atoms with van der Waals surface area (Å²) in [7, 11) is -1.69. The summed E-state index contributed by atoms with van der Waals surface area (Å²) in [6, 6.07) is 15.2. The first-order valence-electron chi connectivity index (χ1n) is 15.0. The van der Waals surface area contributed by atoms with Gasteiger partial charge in [0, 0.05) is 29.1 Å². The van der Waals surface area contributed by atoms with Gasteiger partial charge in [0.2, 0.25) is 0 Å². The van der Waals surface area contributed by atoms with Gasteiger partial charge in [-0.25, -0.2) is 22.8 Å². The standard InChI is InChI=1S/C34H37ClFN3O6S/c1-5-32(43-14-15-46(40,41)22(2)3)34(12-7-13-45-34)27-18-26-29(19-31(27)42-4)37-21-38-33(26)39-25-10-11-30(28(35)17-25)44-20-23-8-6-9-24(36)16-23/h6-11,13,16-19,21-22,32H,5,12,14-15,20H2,1-4H3,(H,37,38,39). The zero-order valence-electron chi connectivity index (χ0n) is 26.1. The van der Waals surface area contributed by atoms with E-state index in [1.165, 1.54) is 18.5 Å². The van der Waals surface area contributed by atoms with E-state index in [4.69, 9.17) is 30.5 Å². The Bertz CT molecular complexity index is 1830. The first-order chi connectivity index (χ1) is 22.1. The second-order valence-corrected chi connectivity index (χ2v) is 14.3. The molecular weight excluding hydrogens is 633 g/mol. The molecule has 2 atom stereocenters. The van der Waals surface area contributed by atoms with Gasteiger partial charge in [-0.1, -0.05) is 30.7 Å². The first-order valence-corrected chi connectivity index (χ1v) is 17.1. The molecule has 0 spiro atoms. The maximum absolute atomic E-state index is 13.5. The monoisotopic (exact) mass is 669 g/mol. The highest BCUT2D eigenvalue weighted by Gasteiger charge is 2.46. The minimum absolute atomic E-state index is 0.0403. The molecule has 2 unspecified atom stereocenters. The van der Waals surface area contributed by atoms with Crippen LogP contribution in [-0.2, 0) is 31.5 Å². The van der Waals surface area contributed by atoms with Gasteiger partial charge in [0.05, 0.1) is 41.5 Å². The van der Waals surface area contributed by atoms with Gasteiger partial charge in [-0.15, -0.1) is 0 Å². The summed E-state index contributed by atoms with van der Waals surface area (Å²) in [6.07, 6.45) is 5.59. The highest BCUT2D eigenvalue weighted by molar-refractivity contribution is 7.92. The number of sulfone groups is 1. The van der Waals surface area contributed by atoms with Crippen LogP contribution in [0.1, 0.15) is 44.7 Å². The number of aromatic nitrogens is 2. The molecule has 46 heavy (non-hydrogen) atoms. The van der Waals surface area contributed by atoms with Crippen molar-refractivity contribution in [2.24, 2.45) is 0 Å². The van der Waals surface area contributed by atoms with E-state index in [1.807, 2.05) is 31.2 Å². The third kappa shape index (κ3) is 7.22. The second kappa shape index (κ2) is 14.2. The predicted octanol–water partition coefficient (Wildman–Crippen LogP) is 7.50. The van der Waals surface area contributed by atoms with Gasteiger partial charge in [0.15, 0.2) is 15.4 Å². The number of rotatable bonds is 14. The quantitative estimate of drug-likeness (QED) is 0.146. The molecule has 1 aliphatic heterocycles. The number of halogens is 2. The fourth-order valence-corrected chi connectivity index (χ4v) is 6.46. The molecule has 0 amide bonds. The number of fused-ring (bicyclic) bond motifs is 1. The number of methoxy groups -OCH3 is 1. The minimum Gasteiger partial charge on any atom is -0.496 e. The summed E-state index contributed by atoms with van der Waals surface area (Å²) in [6.45, 7) is 5.51. The Balaban J connectivity index is 1.43. The van der Waals surface area contributed by atoms with Gasteiger partial charge in [0.1, 0.15) is 42.2 Å². The lowest BCUT2D eigenvalue weighted by atomic mass is 9.83. The third-order valence-electron chi connectivity index (χ3n) is 7.98. The molecule has 0 bridgehead atoms. The first kappa shape index (κ1) is 33.4. The zero-order valence-corrected chi connectivity index (χ0v) is 27.7. The smallest absolute Gasteiger partial charge is 0.166 e. The lowest BCUT2D eigenvalue weighted by Gasteiger charge is -2.37. The molecule has 12 heteroatoms. The van der Waals surface area contributed by atoms with Crippen LogP contribution in [0.25, 0.3) is 10.9 Å². The summed E-state index contributed by atoms with van der Waals surface area (Å²) >= 11 is 6.55. The normalized spacial score (nSPS) is 16.8. The maximum atomic E-state index is 13.5. The molecule has 4 aromatic rings. The van der Waals surface area contributed by atoms with Crippen molar-refractivity contribution >= 4 is 43.8 Å². The van der Waals surface area contributed by atoms with Gasteiger partial charge in [-0.3, -0.25) is 0 Å². The topological polar surface area (TPSA) is 109 Å². The number of hydrogen-bond donors (Lipinski definition) is 1. The lowest BCUT2D eigenvalue weighted by Crippen LogP contribution is -2.42. The molecule has 3 aromatic carbocycles. The highest BCUT2D eigenvalue weighted by atomic mass is 35.5. The van der Waals surface area contributed by atoms with E-state index in [1.54, 1.807) is 51.5 Å². The molecule has 0 fully saturated rings. The molecule has 0 saturated heterocycles. The average Bonchev–Trinajstić information content (AvgIpc) is 3.53. The van der Waals surface area contributed by atoms with E-state index in [0.717, 1.165) is 5.56 Å². The number of nitrogens with zero attached hydrogens (tertiary/aromatic N) is 2. The van der Waals surface area contributed by atoms with E-state index < -0.39 is 26.8 Å². The van der Waals surface area contributed by atoms with Crippen LogP contribution in [0.4, 0.5) is 15.9 Å². The van der Waals surface area contributed by atoms with Crippen LogP contribution in [0.3, 0.4) is 0 Å². The summed E-state index contributed by atoms with van der Waals surface area (Å²) in [5, 5.41) is 3.92. The Kier molecular flexibility index (Phi) is 10.3. The van der Waals surface area contributed by atoms with Gasteiger partial charge in [-0.05, 0) is 68.3 Å². The number of benzene rings is 3. The van der Waals surface area contributed by atoms with Crippen molar-refractivity contribution in [2.45, 2.75) is 57.2 Å². The predicted molar refractivity (Wildman–Crippen MR) is 177 cm³/mol. The minimum atomic E-state index is -3.27. The van der Waals surface area contributed by atoms with E-state index in [9.17, 15) is 12.8 Å². The lowest BCUT2D eigenvalue weighted by molar-refractivity contribution is -0.108. The molecule has 5 rings (SSSR count). The number of ether oxygens (including phenoxy) is 4. The fourth-order valence-electron chi connectivity index (χ4n) is 5.42. The Hall–Kier alpha value is -3.93. The summed E-state index contributed by atoms with van der Waals surface area (Å²) < 4.78 is 62.7. The Morgan fingerprint density at radius 2 is 1.93 bits per heavy atom. The van der Waals surface area contributed by atoms with Gasteiger partial charge in [-0.2, -0.15) is 0 Å². The van der Waals surface area contributed by atoms with E-state index in [2.05, 4.69) is 15.3 Å². The van der Waals surface area contributed by atoms with Crippen molar-refractivity contribution in [3.8, 4) is 11.5 Å². The van der Waals surface area contributed by atoms with Crippen molar-refractivity contribution in [3.63, 3.8) is 0 Å². The van der Waals surface area contributed by atoms with Crippen LogP contribution in [0.5, 0.6) is 11.5 Å². The van der Waals surface area contributed by atoms with Crippen LogP contribution in [0.2, 0.25) is 5.02 Å². The van der Waals surface area contributed by atoms with Crippen LogP contribution in [0, 0.1) is 5.82 Å². The molecule has 0 aliphatic carbocycles. The Morgan fingerprint density at radius 1 is 1.11 bits per heavy atom. The van der Waals surface area contributed by atoms with Crippen LogP contribution in [0.15, 0.2) is 73.3 Å². The highest BCUT2D eigenvalue weighted by Crippen LogP contribution is 2.46. The van der Waals surface area contributed by atoms with Crippen LogP contribution in [-0.4, -0.2) is 49.2 Å². The molecule has 0 saturated carbocycles. The van der Waals surface area contributed by atoms with Crippen LogP contribution < -0.4 is 14.8 Å². The van der Waals surface area contributed by atoms with Crippen molar-refractivity contribution in [2.75, 3.05) is 24.8 Å². The van der Waals surface area contributed by atoms with E-state index >= 15 is 0 Å². The largest absolute Gasteiger partial charge is 0.496 e. The van der Waals surface area contributed by atoms with Gasteiger partial charge in [0.25, 0.3) is 0 Å². The van der Waals surface area contributed by atoms with Crippen LogP contribution >= 0.6 is 11.6 Å². The number of nitrogens with one attached hydrogen (secondary N) is 1. The Labute approximate surface area is 273 Å². The summed E-state index contributed by atoms with van der Waals surface area (Å²) in [5.41, 5.74) is 1.75. The second-order valence-electron chi connectivity index (χ2n) is 11.2. The van der Waals surface area contributed by atoms with E-state index in [-0.39, 0.29) is 24.8 Å². The SMILES string of the molecule is CCC(OCCS(=O)(=O)C(C)C)C1(c2cc3c(Nc4ccc(OCc5cccc(F)c5)c(Cl)c4)ncnc3cc2OC)CC=CO1. The molecule has 1 N–H and O–H groups in total. The van der Waals surface area contributed by atoms with Gasteiger partial charge >= 0.3 is 0 Å². The molecule has 9 nitrogen and oxygen atoms in total. The molecule has 1 aromatic heterocycles. The summed E-state index contributed by atoms with van der Waals surface area (Å²) in [5.74, 6) is 1.12. The number of anilines is 2. The molecule has 1 aliphatic rings. The van der Waals surface area contributed by atoms with Crippen molar-refractivity contribution in [1.29, 1.82) is 0 Å². The average molecular weight is 670 g/mol. The van der Waals surface area contributed by atoms with E-state index in [0.29, 0.717) is 57.3 Å². The molecular formula is C34H37ClFN3O6S. The molecule has 244 valence electrons.